The van der Waals surface area contributed by atoms with E-state index in [-0.39, 0.29) is 18.3 Å². The van der Waals surface area contributed by atoms with Gasteiger partial charge in [-0.25, -0.2) is 9.18 Å². The number of hydrogen-bond acceptors (Lipinski definition) is 2. The van der Waals surface area contributed by atoms with Gasteiger partial charge in [-0.1, -0.05) is 44.5 Å². The average molecular weight is 371 g/mol. The van der Waals surface area contributed by atoms with Crippen molar-refractivity contribution < 1.29 is 14.0 Å². The maximum absolute atomic E-state index is 12.9. The van der Waals surface area contributed by atoms with Crippen molar-refractivity contribution in [2.45, 2.75) is 45.7 Å². The second-order valence-electron chi connectivity index (χ2n) is 6.33. The highest BCUT2D eigenvalue weighted by atomic mass is 19.1. The third kappa shape index (κ3) is 6.73. The molecule has 0 spiro atoms. The zero-order valence-corrected chi connectivity index (χ0v) is 15.7. The molecule has 3 amide bonds. The fourth-order valence-electron chi connectivity index (χ4n) is 2.60. The maximum atomic E-state index is 12.9. The molecule has 0 aliphatic carbocycles. The molecule has 6 heteroatoms. The minimum Gasteiger partial charge on any atom is -0.334 e. The SMILES string of the molecule is CCCC(NC(=O)NCc1ccc(F)cc1)C(=O)Nc1ccc(CC)cc1. The number of urea groups is 1. The van der Waals surface area contributed by atoms with Crippen LogP contribution in [0.15, 0.2) is 48.5 Å². The molecule has 0 heterocycles. The summed E-state index contributed by atoms with van der Waals surface area (Å²) in [6.07, 6.45) is 2.22. The Labute approximate surface area is 159 Å². The number of nitrogens with one attached hydrogen (secondary N) is 3. The first-order chi connectivity index (χ1) is 13.0. The molecule has 0 bridgehead atoms. The van der Waals surface area contributed by atoms with Gasteiger partial charge in [0.2, 0.25) is 5.91 Å². The minimum atomic E-state index is -0.630. The summed E-state index contributed by atoms with van der Waals surface area (Å²) >= 11 is 0. The second kappa shape index (κ2) is 10.3. The number of amides is 3. The smallest absolute Gasteiger partial charge is 0.315 e. The van der Waals surface area contributed by atoms with Crippen molar-refractivity contribution in [2.24, 2.45) is 0 Å². The van der Waals surface area contributed by atoms with Gasteiger partial charge >= 0.3 is 6.03 Å². The molecule has 0 fully saturated rings. The number of anilines is 1. The number of carbonyl (C=O) groups excluding carboxylic acids is 2. The first kappa shape index (κ1) is 20.4. The standard InChI is InChI=1S/C21H26FN3O2/c1-3-5-19(20(26)24-18-12-8-15(4-2)9-13-18)25-21(27)23-14-16-6-10-17(22)11-7-16/h6-13,19H,3-5,14H2,1-2H3,(H,24,26)(H2,23,25,27). The van der Waals surface area contributed by atoms with Crippen molar-refractivity contribution in [1.82, 2.24) is 10.6 Å². The third-order valence-corrected chi connectivity index (χ3v) is 4.20. The Morgan fingerprint density at radius 2 is 1.59 bits per heavy atom. The van der Waals surface area contributed by atoms with Gasteiger partial charge in [0.15, 0.2) is 0 Å². The summed E-state index contributed by atoms with van der Waals surface area (Å²) in [6, 6.07) is 12.5. The fraction of sp³-hybridized carbons (Fsp3) is 0.333. The third-order valence-electron chi connectivity index (χ3n) is 4.20. The number of halogens is 1. The highest BCUT2D eigenvalue weighted by Crippen LogP contribution is 2.11. The summed E-state index contributed by atoms with van der Waals surface area (Å²) in [5.41, 5.74) is 2.67. The van der Waals surface area contributed by atoms with Gasteiger partial charge in [-0.15, -0.1) is 0 Å². The first-order valence-electron chi connectivity index (χ1n) is 9.20. The Hall–Kier alpha value is -2.89. The van der Waals surface area contributed by atoms with Gasteiger partial charge in [-0.05, 0) is 48.2 Å². The van der Waals surface area contributed by atoms with E-state index in [4.69, 9.17) is 0 Å². The zero-order valence-electron chi connectivity index (χ0n) is 15.7. The van der Waals surface area contributed by atoms with Crippen molar-refractivity contribution in [3.8, 4) is 0 Å². The molecule has 0 saturated carbocycles. The number of hydrogen-bond donors (Lipinski definition) is 3. The molecule has 1 atom stereocenters. The molecule has 27 heavy (non-hydrogen) atoms. The van der Waals surface area contributed by atoms with E-state index < -0.39 is 12.1 Å². The lowest BCUT2D eigenvalue weighted by Crippen LogP contribution is -2.47. The quantitative estimate of drug-likeness (QED) is 0.656. The molecule has 144 valence electrons. The van der Waals surface area contributed by atoms with Gasteiger partial charge in [0.25, 0.3) is 0 Å². The fourth-order valence-corrected chi connectivity index (χ4v) is 2.60. The van der Waals surface area contributed by atoms with E-state index in [1.807, 2.05) is 31.2 Å². The first-order valence-corrected chi connectivity index (χ1v) is 9.20. The number of benzene rings is 2. The Bertz CT molecular complexity index is 745. The van der Waals surface area contributed by atoms with Gasteiger partial charge in [0, 0.05) is 12.2 Å². The maximum Gasteiger partial charge on any atom is 0.315 e. The van der Waals surface area contributed by atoms with Crippen molar-refractivity contribution in [3.05, 3.63) is 65.5 Å². The number of aryl methyl sites for hydroxylation is 1. The van der Waals surface area contributed by atoms with Gasteiger partial charge in [-0.3, -0.25) is 4.79 Å². The van der Waals surface area contributed by atoms with E-state index >= 15 is 0 Å². The molecule has 0 aromatic heterocycles. The van der Waals surface area contributed by atoms with E-state index in [9.17, 15) is 14.0 Å². The van der Waals surface area contributed by atoms with Crippen LogP contribution >= 0.6 is 0 Å². The molecular weight excluding hydrogens is 345 g/mol. The molecule has 5 nitrogen and oxygen atoms in total. The molecule has 0 aliphatic rings. The van der Waals surface area contributed by atoms with Gasteiger partial charge in [-0.2, -0.15) is 0 Å². The molecule has 1 unspecified atom stereocenters. The monoisotopic (exact) mass is 371 g/mol. The van der Waals surface area contributed by atoms with Crippen molar-refractivity contribution >= 4 is 17.6 Å². The normalized spacial score (nSPS) is 11.5. The van der Waals surface area contributed by atoms with Crippen LogP contribution < -0.4 is 16.0 Å². The molecule has 2 rings (SSSR count). The van der Waals surface area contributed by atoms with E-state index in [1.165, 1.54) is 17.7 Å². The summed E-state index contributed by atoms with van der Waals surface area (Å²) < 4.78 is 12.9. The summed E-state index contributed by atoms with van der Waals surface area (Å²) in [6.45, 7) is 4.28. The Kier molecular flexibility index (Phi) is 7.79. The molecule has 2 aromatic carbocycles. The lowest BCUT2D eigenvalue weighted by atomic mass is 10.1. The van der Waals surface area contributed by atoms with Gasteiger partial charge in [0.05, 0.1) is 0 Å². The van der Waals surface area contributed by atoms with Gasteiger partial charge < -0.3 is 16.0 Å². The molecule has 0 radical (unpaired) electrons. The molecule has 3 N–H and O–H groups in total. The van der Waals surface area contributed by atoms with Crippen molar-refractivity contribution in [3.63, 3.8) is 0 Å². The molecular formula is C21H26FN3O2. The van der Waals surface area contributed by atoms with Crippen LogP contribution in [0.3, 0.4) is 0 Å². The Morgan fingerprint density at radius 1 is 0.963 bits per heavy atom. The summed E-state index contributed by atoms with van der Waals surface area (Å²) in [5.74, 6) is -0.576. The zero-order chi connectivity index (χ0) is 19.6. The topological polar surface area (TPSA) is 70.2 Å². The lowest BCUT2D eigenvalue weighted by molar-refractivity contribution is -0.118. The van der Waals surface area contributed by atoms with Gasteiger partial charge in [0.1, 0.15) is 11.9 Å². The van der Waals surface area contributed by atoms with Crippen LogP contribution in [-0.2, 0) is 17.8 Å². The van der Waals surface area contributed by atoms with Crippen LogP contribution in [0.4, 0.5) is 14.9 Å². The van der Waals surface area contributed by atoms with Crippen LogP contribution in [-0.4, -0.2) is 18.0 Å². The average Bonchev–Trinajstić information content (AvgIpc) is 2.68. The van der Waals surface area contributed by atoms with Crippen LogP contribution in [0.2, 0.25) is 0 Å². The molecule has 0 saturated heterocycles. The second-order valence-corrected chi connectivity index (χ2v) is 6.33. The summed E-state index contributed by atoms with van der Waals surface area (Å²) in [5, 5.41) is 8.23. The number of rotatable bonds is 8. The van der Waals surface area contributed by atoms with Crippen LogP contribution in [0, 0.1) is 5.82 Å². The van der Waals surface area contributed by atoms with E-state index in [0.29, 0.717) is 12.1 Å². The predicted octanol–water partition coefficient (Wildman–Crippen LogP) is 3.99. The lowest BCUT2D eigenvalue weighted by Gasteiger charge is -2.18. The Morgan fingerprint density at radius 3 is 2.19 bits per heavy atom. The van der Waals surface area contributed by atoms with E-state index in [2.05, 4.69) is 22.9 Å². The highest BCUT2D eigenvalue weighted by Gasteiger charge is 2.20. The van der Waals surface area contributed by atoms with Crippen LogP contribution in [0.5, 0.6) is 0 Å². The Balaban J connectivity index is 1.89. The number of carbonyl (C=O) groups is 2. The molecule has 0 aliphatic heterocycles. The summed E-state index contributed by atoms with van der Waals surface area (Å²) in [7, 11) is 0. The largest absolute Gasteiger partial charge is 0.334 e. The minimum absolute atomic E-state index is 0.252. The highest BCUT2D eigenvalue weighted by molar-refractivity contribution is 5.97. The van der Waals surface area contributed by atoms with E-state index in [0.717, 1.165) is 18.4 Å². The predicted molar refractivity (Wildman–Crippen MR) is 105 cm³/mol. The summed E-state index contributed by atoms with van der Waals surface area (Å²) in [4.78, 5) is 24.6. The molecule has 2 aromatic rings. The van der Waals surface area contributed by atoms with E-state index in [1.54, 1.807) is 12.1 Å². The van der Waals surface area contributed by atoms with Crippen LogP contribution in [0.1, 0.15) is 37.8 Å². The van der Waals surface area contributed by atoms with Crippen molar-refractivity contribution in [1.29, 1.82) is 0 Å². The van der Waals surface area contributed by atoms with Crippen LogP contribution in [0.25, 0.3) is 0 Å². The van der Waals surface area contributed by atoms with Crippen molar-refractivity contribution in [2.75, 3.05) is 5.32 Å².